The molecule has 0 saturated carbocycles. The summed E-state index contributed by atoms with van der Waals surface area (Å²) in [6.07, 6.45) is 0. The SMILES string of the molecule is CC(Cl)c1nc2cccc(Cl)c2n1-c1cccc(Cl)c1F. The monoisotopic (exact) mass is 342 g/mol. The van der Waals surface area contributed by atoms with E-state index in [-0.39, 0.29) is 10.7 Å². The molecule has 0 N–H and O–H groups in total. The average molecular weight is 344 g/mol. The van der Waals surface area contributed by atoms with Gasteiger partial charge in [-0.05, 0) is 31.2 Å². The Labute approximate surface area is 136 Å². The Morgan fingerprint density at radius 3 is 2.48 bits per heavy atom. The molecule has 1 unspecified atom stereocenters. The van der Waals surface area contributed by atoms with Crippen molar-refractivity contribution in [1.29, 1.82) is 0 Å². The number of nitrogens with zero attached hydrogens (tertiary/aromatic N) is 2. The Hall–Kier alpha value is -1.29. The molecule has 3 rings (SSSR count). The van der Waals surface area contributed by atoms with Crippen LogP contribution in [0.5, 0.6) is 0 Å². The molecule has 0 saturated heterocycles. The Morgan fingerprint density at radius 2 is 1.76 bits per heavy atom. The number of fused-ring (bicyclic) bond motifs is 1. The van der Waals surface area contributed by atoms with E-state index in [9.17, 15) is 4.39 Å². The molecule has 0 spiro atoms. The summed E-state index contributed by atoms with van der Waals surface area (Å²) in [6, 6.07) is 10.1. The van der Waals surface area contributed by atoms with Crippen molar-refractivity contribution in [2.75, 3.05) is 0 Å². The minimum Gasteiger partial charge on any atom is -0.291 e. The topological polar surface area (TPSA) is 17.8 Å². The van der Waals surface area contributed by atoms with Crippen LogP contribution in [0.15, 0.2) is 36.4 Å². The third-order valence-corrected chi connectivity index (χ3v) is 3.97. The molecule has 0 fully saturated rings. The van der Waals surface area contributed by atoms with E-state index < -0.39 is 11.2 Å². The number of halogens is 4. The maximum absolute atomic E-state index is 14.4. The summed E-state index contributed by atoms with van der Waals surface area (Å²) in [4.78, 5) is 4.46. The van der Waals surface area contributed by atoms with Crippen LogP contribution in [0, 0.1) is 5.82 Å². The second-order valence-corrected chi connectivity index (χ2v) is 6.07. The van der Waals surface area contributed by atoms with Crippen LogP contribution >= 0.6 is 34.8 Å². The molecule has 0 amide bonds. The lowest BCUT2D eigenvalue weighted by atomic mass is 10.2. The zero-order valence-electron chi connectivity index (χ0n) is 10.9. The molecule has 108 valence electrons. The van der Waals surface area contributed by atoms with Gasteiger partial charge in [0.05, 0.1) is 32.1 Å². The zero-order valence-corrected chi connectivity index (χ0v) is 13.2. The highest BCUT2D eigenvalue weighted by Gasteiger charge is 2.21. The lowest BCUT2D eigenvalue weighted by Gasteiger charge is -2.12. The van der Waals surface area contributed by atoms with Crippen molar-refractivity contribution in [3.63, 3.8) is 0 Å². The second kappa shape index (κ2) is 5.48. The third kappa shape index (κ3) is 2.39. The molecule has 0 aliphatic rings. The van der Waals surface area contributed by atoms with Gasteiger partial charge in [0, 0.05) is 0 Å². The van der Waals surface area contributed by atoms with Gasteiger partial charge >= 0.3 is 0 Å². The fraction of sp³-hybridized carbons (Fsp3) is 0.133. The van der Waals surface area contributed by atoms with Gasteiger partial charge in [0.1, 0.15) is 5.82 Å². The first-order valence-corrected chi connectivity index (χ1v) is 7.45. The average Bonchev–Trinajstić information content (AvgIpc) is 2.83. The third-order valence-electron chi connectivity index (χ3n) is 3.18. The van der Waals surface area contributed by atoms with Gasteiger partial charge in [0.2, 0.25) is 0 Å². The molecule has 21 heavy (non-hydrogen) atoms. The van der Waals surface area contributed by atoms with Gasteiger partial charge in [-0.1, -0.05) is 35.3 Å². The highest BCUT2D eigenvalue weighted by atomic mass is 35.5. The standard InChI is InChI=1S/C15H10Cl3FN2/c1-8(16)15-20-11-6-2-5-10(18)14(11)21(15)12-7-3-4-9(17)13(12)19/h2-8H,1H3. The molecule has 2 aromatic carbocycles. The highest BCUT2D eigenvalue weighted by Crippen LogP contribution is 2.34. The number of hydrogen-bond acceptors (Lipinski definition) is 1. The number of imidazole rings is 1. The number of aromatic nitrogens is 2. The maximum atomic E-state index is 14.4. The van der Waals surface area contributed by atoms with Crippen molar-refractivity contribution in [2.45, 2.75) is 12.3 Å². The van der Waals surface area contributed by atoms with Gasteiger partial charge in [-0.25, -0.2) is 9.37 Å². The second-order valence-electron chi connectivity index (χ2n) is 4.60. The van der Waals surface area contributed by atoms with Crippen molar-refractivity contribution in [2.24, 2.45) is 0 Å². The van der Waals surface area contributed by atoms with Gasteiger partial charge in [-0.15, -0.1) is 11.6 Å². The van der Waals surface area contributed by atoms with Crippen LogP contribution in [-0.4, -0.2) is 9.55 Å². The molecular weight excluding hydrogens is 334 g/mol. The Balaban J connectivity index is 2.45. The van der Waals surface area contributed by atoms with Crippen molar-refractivity contribution in [1.82, 2.24) is 9.55 Å². The maximum Gasteiger partial charge on any atom is 0.165 e. The molecule has 6 heteroatoms. The van der Waals surface area contributed by atoms with Crippen LogP contribution in [0.25, 0.3) is 16.7 Å². The minimum atomic E-state index is -0.531. The van der Waals surface area contributed by atoms with E-state index in [1.54, 1.807) is 35.8 Å². The van der Waals surface area contributed by atoms with Gasteiger partial charge in [-0.2, -0.15) is 0 Å². The van der Waals surface area contributed by atoms with E-state index in [1.165, 1.54) is 6.07 Å². The molecule has 1 heterocycles. The van der Waals surface area contributed by atoms with Gasteiger partial charge in [-0.3, -0.25) is 4.57 Å². The molecule has 0 bridgehead atoms. The molecule has 0 aliphatic heterocycles. The Kier molecular flexibility index (Phi) is 3.82. The predicted molar refractivity (Wildman–Crippen MR) is 85.3 cm³/mol. The molecule has 1 atom stereocenters. The lowest BCUT2D eigenvalue weighted by Crippen LogP contribution is -2.04. The number of alkyl halides is 1. The van der Waals surface area contributed by atoms with Crippen LogP contribution in [0.4, 0.5) is 4.39 Å². The number of rotatable bonds is 2. The van der Waals surface area contributed by atoms with E-state index >= 15 is 0 Å². The van der Waals surface area contributed by atoms with Crippen molar-refractivity contribution in [3.05, 3.63) is 58.1 Å². The summed E-state index contributed by atoms with van der Waals surface area (Å²) in [5.74, 6) is -0.0158. The summed E-state index contributed by atoms with van der Waals surface area (Å²) in [6.45, 7) is 1.77. The number of para-hydroxylation sites is 1. The lowest BCUT2D eigenvalue weighted by molar-refractivity contribution is 0.617. The fourth-order valence-electron chi connectivity index (χ4n) is 2.28. The van der Waals surface area contributed by atoms with E-state index in [2.05, 4.69) is 4.98 Å². The first kappa shape index (κ1) is 14.6. The van der Waals surface area contributed by atoms with Crippen LogP contribution in [0.1, 0.15) is 18.1 Å². The normalized spacial score (nSPS) is 12.8. The molecule has 1 aromatic heterocycles. The van der Waals surface area contributed by atoms with E-state index in [0.717, 1.165) is 0 Å². The first-order chi connectivity index (χ1) is 10.0. The minimum absolute atomic E-state index is 0.0366. The summed E-state index contributed by atoms with van der Waals surface area (Å²) in [5, 5.41) is 0.101. The number of benzene rings is 2. The van der Waals surface area contributed by atoms with Crippen LogP contribution in [0.3, 0.4) is 0 Å². The van der Waals surface area contributed by atoms with E-state index in [4.69, 9.17) is 34.8 Å². The number of hydrogen-bond donors (Lipinski definition) is 0. The largest absolute Gasteiger partial charge is 0.291 e. The summed E-state index contributed by atoms with van der Waals surface area (Å²) < 4.78 is 16.0. The highest BCUT2D eigenvalue weighted by molar-refractivity contribution is 6.35. The van der Waals surface area contributed by atoms with Crippen molar-refractivity contribution < 1.29 is 4.39 Å². The fourth-order valence-corrected chi connectivity index (χ4v) is 2.85. The predicted octanol–water partition coefficient (Wildman–Crippen LogP) is 5.77. The Morgan fingerprint density at radius 1 is 1.10 bits per heavy atom. The smallest absolute Gasteiger partial charge is 0.165 e. The van der Waals surface area contributed by atoms with Gasteiger partial charge < -0.3 is 0 Å². The van der Waals surface area contributed by atoms with E-state index in [1.807, 2.05) is 6.07 Å². The molecule has 3 aromatic rings. The summed E-state index contributed by atoms with van der Waals surface area (Å²) in [7, 11) is 0. The molecule has 0 radical (unpaired) electrons. The van der Waals surface area contributed by atoms with Gasteiger partial charge in [0.25, 0.3) is 0 Å². The van der Waals surface area contributed by atoms with Gasteiger partial charge in [0.15, 0.2) is 5.82 Å². The molecular formula is C15H10Cl3FN2. The quantitative estimate of drug-likeness (QED) is 0.540. The summed E-state index contributed by atoms with van der Waals surface area (Å²) in [5.41, 5.74) is 1.55. The van der Waals surface area contributed by atoms with Crippen molar-refractivity contribution in [3.8, 4) is 5.69 Å². The molecule has 2 nitrogen and oxygen atoms in total. The van der Waals surface area contributed by atoms with Crippen molar-refractivity contribution >= 4 is 45.8 Å². The first-order valence-electron chi connectivity index (χ1n) is 6.26. The van der Waals surface area contributed by atoms with Crippen LogP contribution in [-0.2, 0) is 0 Å². The summed E-state index contributed by atoms with van der Waals surface area (Å²) >= 11 is 18.3. The van der Waals surface area contributed by atoms with Crippen LogP contribution < -0.4 is 0 Å². The zero-order chi connectivity index (χ0) is 15.1. The molecule has 0 aliphatic carbocycles. The van der Waals surface area contributed by atoms with Crippen LogP contribution in [0.2, 0.25) is 10.0 Å². The van der Waals surface area contributed by atoms with E-state index in [0.29, 0.717) is 21.9 Å². The Bertz CT molecular complexity index is 827.